The molecule has 0 bridgehead atoms. The highest BCUT2D eigenvalue weighted by molar-refractivity contribution is 9.09. The van der Waals surface area contributed by atoms with Crippen molar-refractivity contribution in [1.29, 1.82) is 0 Å². The number of hydrogen-bond donors (Lipinski definition) is 0. The summed E-state index contributed by atoms with van der Waals surface area (Å²) in [5, 5.41) is 0.220. The average Bonchev–Trinajstić information content (AvgIpc) is 3.00. The summed E-state index contributed by atoms with van der Waals surface area (Å²) in [6.45, 7) is 5.32. The number of alkyl halides is 1. The van der Waals surface area contributed by atoms with Crippen molar-refractivity contribution in [1.82, 2.24) is 0 Å². The third kappa shape index (κ3) is 10.4. The van der Waals surface area contributed by atoms with Crippen LogP contribution in [0, 0.1) is 5.92 Å². The SMILES string of the molecule is CO[C@H]1O[C@H](COC(C)=O)[C@@H](O[C@H]2C[C@H](CBr)[C@@H](OC(=O)c3ccccc3)[C@H](OC(C)=O)[C@H]2OC(C)=O)[C@H](OC(C)=O)[C@H]1OC(C)=O. The molecule has 0 unspecified atom stereocenters. The Morgan fingerprint density at radius 1 is 0.702 bits per heavy atom. The molecule has 1 aliphatic carbocycles. The van der Waals surface area contributed by atoms with Gasteiger partial charge in [0.15, 0.2) is 30.7 Å². The molecule has 0 spiro atoms. The summed E-state index contributed by atoms with van der Waals surface area (Å²) in [7, 11) is 1.27. The maximum atomic E-state index is 13.2. The van der Waals surface area contributed by atoms with Crippen LogP contribution in [0.4, 0.5) is 0 Å². The van der Waals surface area contributed by atoms with Gasteiger partial charge in [-0.2, -0.15) is 0 Å². The van der Waals surface area contributed by atoms with Crippen LogP contribution in [0.2, 0.25) is 0 Å². The lowest BCUT2D eigenvalue weighted by Gasteiger charge is -2.48. The van der Waals surface area contributed by atoms with E-state index in [0.29, 0.717) is 0 Å². The highest BCUT2D eigenvalue weighted by Gasteiger charge is 2.56. The van der Waals surface area contributed by atoms with Crippen LogP contribution in [0.5, 0.6) is 0 Å². The maximum Gasteiger partial charge on any atom is 0.338 e. The van der Waals surface area contributed by atoms with E-state index in [2.05, 4.69) is 15.9 Å². The molecular weight excluding hydrogens is 692 g/mol. The second kappa shape index (κ2) is 17.5. The molecule has 1 saturated carbocycles. The highest BCUT2D eigenvalue weighted by atomic mass is 79.9. The van der Waals surface area contributed by atoms with Crippen molar-refractivity contribution in [2.24, 2.45) is 5.92 Å². The van der Waals surface area contributed by atoms with Gasteiger partial charge in [-0.1, -0.05) is 34.1 Å². The number of benzene rings is 1. The van der Waals surface area contributed by atoms with Gasteiger partial charge < -0.3 is 42.6 Å². The molecule has 260 valence electrons. The van der Waals surface area contributed by atoms with Gasteiger partial charge in [-0.3, -0.25) is 24.0 Å². The number of rotatable bonds is 12. The van der Waals surface area contributed by atoms with E-state index in [1.165, 1.54) is 14.0 Å². The minimum atomic E-state index is -1.38. The molecular formula is C31H39BrO15. The number of esters is 6. The zero-order chi connectivity index (χ0) is 34.8. The predicted molar refractivity (Wildman–Crippen MR) is 161 cm³/mol. The van der Waals surface area contributed by atoms with E-state index in [4.69, 9.17) is 42.6 Å². The molecule has 1 aromatic carbocycles. The third-order valence-corrected chi connectivity index (χ3v) is 8.11. The summed E-state index contributed by atoms with van der Waals surface area (Å²) < 4.78 is 51.3. The second-order valence-corrected chi connectivity index (χ2v) is 11.6. The molecule has 1 saturated heterocycles. The fourth-order valence-corrected chi connectivity index (χ4v) is 6.15. The number of ether oxygens (including phenoxy) is 9. The zero-order valence-corrected chi connectivity index (χ0v) is 28.4. The Kier molecular flexibility index (Phi) is 14.1. The van der Waals surface area contributed by atoms with Crippen LogP contribution >= 0.6 is 15.9 Å². The van der Waals surface area contributed by atoms with E-state index in [9.17, 15) is 28.8 Å². The molecule has 47 heavy (non-hydrogen) atoms. The van der Waals surface area contributed by atoms with Crippen LogP contribution in [0.3, 0.4) is 0 Å². The molecule has 0 aromatic heterocycles. The summed E-state index contributed by atoms with van der Waals surface area (Å²) in [5.74, 6) is -4.98. The fourth-order valence-electron chi connectivity index (χ4n) is 5.52. The van der Waals surface area contributed by atoms with Crippen molar-refractivity contribution < 1.29 is 71.4 Å². The Bertz CT molecular complexity index is 1270. The summed E-state index contributed by atoms with van der Waals surface area (Å²) in [5.41, 5.74) is 0.242. The van der Waals surface area contributed by atoms with Crippen LogP contribution in [0.25, 0.3) is 0 Å². The Labute approximate surface area is 279 Å². The van der Waals surface area contributed by atoms with Gasteiger partial charge >= 0.3 is 35.8 Å². The van der Waals surface area contributed by atoms with Crippen LogP contribution in [0.1, 0.15) is 51.4 Å². The van der Waals surface area contributed by atoms with E-state index in [1.54, 1.807) is 30.3 Å². The van der Waals surface area contributed by atoms with Gasteiger partial charge in [0.05, 0.1) is 11.7 Å². The number of carbonyl (C=O) groups excluding carboxylic acids is 6. The first-order valence-corrected chi connectivity index (χ1v) is 15.9. The molecule has 1 aromatic rings. The Hall–Kier alpha value is -3.60. The Balaban J connectivity index is 2.08. The second-order valence-electron chi connectivity index (χ2n) is 10.9. The summed E-state index contributed by atoms with van der Waals surface area (Å²) in [6.07, 6.45) is -11.4. The largest absolute Gasteiger partial charge is 0.463 e. The topological polar surface area (TPSA) is 185 Å². The zero-order valence-electron chi connectivity index (χ0n) is 26.8. The third-order valence-electron chi connectivity index (χ3n) is 7.28. The number of carbonyl (C=O) groups is 6. The molecule has 10 atom stereocenters. The van der Waals surface area contributed by atoms with Gasteiger partial charge in [0.25, 0.3) is 0 Å². The van der Waals surface area contributed by atoms with Gasteiger partial charge in [-0.15, -0.1) is 0 Å². The summed E-state index contributed by atoms with van der Waals surface area (Å²) in [4.78, 5) is 74.2. The van der Waals surface area contributed by atoms with Gasteiger partial charge in [-0.05, 0) is 18.6 Å². The normalized spacial score (nSPS) is 30.3. The minimum Gasteiger partial charge on any atom is -0.463 e. The first kappa shape index (κ1) is 37.9. The average molecular weight is 732 g/mol. The van der Waals surface area contributed by atoms with Crippen molar-refractivity contribution in [2.45, 2.75) is 96.2 Å². The van der Waals surface area contributed by atoms with E-state index in [0.717, 1.165) is 27.7 Å². The van der Waals surface area contributed by atoms with Crippen molar-refractivity contribution in [3.63, 3.8) is 0 Å². The molecule has 16 heteroatoms. The quantitative estimate of drug-likeness (QED) is 0.173. The monoisotopic (exact) mass is 730 g/mol. The van der Waals surface area contributed by atoms with Crippen molar-refractivity contribution in [3.05, 3.63) is 35.9 Å². The van der Waals surface area contributed by atoms with Crippen LogP contribution in [-0.2, 0) is 66.6 Å². The maximum absolute atomic E-state index is 13.2. The lowest BCUT2D eigenvalue weighted by Crippen LogP contribution is -2.65. The smallest absolute Gasteiger partial charge is 0.338 e. The molecule has 0 N–H and O–H groups in total. The van der Waals surface area contributed by atoms with Crippen molar-refractivity contribution in [2.75, 3.05) is 19.0 Å². The Morgan fingerprint density at radius 3 is 1.74 bits per heavy atom. The number of hydrogen-bond acceptors (Lipinski definition) is 15. The van der Waals surface area contributed by atoms with Gasteiger partial charge in [0.1, 0.15) is 24.9 Å². The molecule has 15 nitrogen and oxygen atoms in total. The first-order chi connectivity index (χ1) is 22.2. The van der Waals surface area contributed by atoms with Crippen molar-refractivity contribution >= 4 is 51.7 Å². The molecule has 2 aliphatic rings. The minimum absolute atomic E-state index is 0.0449. The lowest BCUT2D eigenvalue weighted by atomic mass is 9.80. The summed E-state index contributed by atoms with van der Waals surface area (Å²) in [6, 6.07) is 8.15. The molecule has 0 radical (unpaired) electrons. The van der Waals surface area contributed by atoms with Gasteiger partial charge in [-0.25, -0.2) is 4.79 Å². The lowest BCUT2D eigenvalue weighted by molar-refractivity contribution is -0.319. The number of methoxy groups -OCH3 is 1. The molecule has 1 heterocycles. The number of halogens is 1. The van der Waals surface area contributed by atoms with Crippen molar-refractivity contribution in [3.8, 4) is 0 Å². The molecule has 0 amide bonds. The standard InChI is InChI=1S/C31H39BrO15/c1-15(33)40-14-23-26(28(43-18(4)36)29(44-19(5)37)31(39-6)46-23)45-22-12-21(13-32)24(47-30(38)20-10-8-7-9-11-20)27(42-17(3)35)25(22)41-16(2)34/h7-11,21-29,31H,12-14H2,1-6H3/t21-,22+,23-,24-,25+,26-,27+,28+,29-,31+/m1/s1. The van der Waals surface area contributed by atoms with E-state index in [1.807, 2.05) is 0 Å². The highest BCUT2D eigenvalue weighted by Crippen LogP contribution is 2.38. The van der Waals surface area contributed by atoms with Gasteiger partial charge in [0, 0.05) is 53.0 Å². The Morgan fingerprint density at radius 2 is 1.23 bits per heavy atom. The summed E-state index contributed by atoms with van der Waals surface area (Å²) >= 11 is 3.45. The molecule has 3 rings (SSSR count). The van der Waals surface area contributed by atoms with E-state index >= 15 is 0 Å². The van der Waals surface area contributed by atoms with Crippen LogP contribution in [0.15, 0.2) is 30.3 Å². The molecule has 1 aliphatic heterocycles. The van der Waals surface area contributed by atoms with Crippen LogP contribution < -0.4 is 0 Å². The van der Waals surface area contributed by atoms with Gasteiger partial charge in [0.2, 0.25) is 0 Å². The molecule has 2 fully saturated rings. The van der Waals surface area contributed by atoms with E-state index in [-0.39, 0.29) is 17.3 Å². The van der Waals surface area contributed by atoms with E-state index < -0.39 is 103 Å². The first-order valence-electron chi connectivity index (χ1n) is 14.7. The van der Waals surface area contributed by atoms with Crippen LogP contribution in [-0.4, -0.2) is 110 Å². The fraction of sp³-hybridized carbons (Fsp3) is 0.613. The predicted octanol–water partition coefficient (Wildman–Crippen LogP) is 2.04.